The topological polar surface area (TPSA) is 49.3 Å². The molecule has 0 spiro atoms. The molecule has 0 bridgehead atoms. The van der Waals surface area contributed by atoms with Gasteiger partial charge in [-0.05, 0) is 36.9 Å². The maximum atomic E-state index is 11.2. The summed E-state index contributed by atoms with van der Waals surface area (Å²) in [6.45, 7) is 1.57. The number of carbonyl (C=O) groups is 1. The van der Waals surface area contributed by atoms with Crippen LogP contribution in [0.4, 0.5) is 0 Å². The molecule has 4 heteroatoms. The van der Waals surface area contributed by atoms with E-state index in [1.165, 1.54) is 5.56 Å². The summed E-state index contributed by atoms with van der Waals surface area (Å²) in [6, 6.07) is 8.11. The third kappa shape index (κ3) is 4.05. The summed E-state index contributed by atoms with van der Waals surface area (Å²) in [6.07, 6.45) is 4.07. The molecule has 0 amide bonds. The lowest BCUT2D eigenvalue weighted by Gasteiger charge is -2.28. The van der Waals surface area contributed by atoms with Crippen LogP contribution in [0.2, 0.25) is 0 Å². The second kappa shape index (κ2) is 7.06. The van der Waals surface area contributed by atoms with Gasteiger partial charge in [0.15, 0.2) is 0 Å². The highest BCUT2D eigenvalue weighted by molar-refractivity contribution is 9.10. The van der Waals surface area contributed by atoms with Crippen LogP contribution < -0.4 is 5.32 Å². The van der Waals surface area contributed by atoms with E-state index in [4.69, 9.17) is 0 Å². The van der Waals surface area contributed by atoms with Gasteiger partial charge in [0.25, 0.3) is 0 Å². The van der Waals surface area contributed by atoms with E-state index >= 15 is 0 Å². The maximum absolute atomic E-state index is 11.2. The first-order chi connectivity index (χ1) is 9.18. The van der Waals surface area contributed by atoms with Crippen molar-refractivity contribution in [3.05, 3.63) is 34.3 Å². The molecule has 104 valence electrons. The van der Waals surface area contributed by atoms with Gasteiger partial charge < -0.3 is 10.4 Å². The van der Waals surface area contributed by atoms with Crippen molar-refractivity contribution in [3.8, 4) is 0 Å². The standard InChI is InChI=1S/C15H20BrNO2/c16-14-8-4-2-6-12(14)10-17-9-11-5-1-3-7-13(11)15(18)19/h2,4,6,8,11,13,17H,1,3,5,7,9-10H2,(H,18,19). The van der Waals surface area contributed by atoms with Gasteiger partial charge >= 0.3 is 5.97 Å². The van der Waals surface area contributed by atoms with Crippen LogP contribution >= 0.6 is 15.9 Å². The lowest BCUT2D eigenvalue weighted by molar-refractivity contribution is -0.144. The van der Waals surface area contributed by atoms with Gasteiger partial charge in [-0.25, -0.2) is 0 Å². The molecule has 2 atom stereocenters. The molecule has 1 fully saturated rings. The highest BCUT2D eigenvalue weighted by atomic mass is 79.9. The third-order valence-electron chi connectivity index (χ3n) is 3.91. The molecular weight excluding hydrogens is 306 g/mol. The molecule has 0 heterocycles. The van der Waals surface area contributed by atoms with Gasteiger partial charge in [-0.1, -0.05) is 47.0 Å². The lowest BCUT2D eigenvalue weighted by atomic mass is 9.79. The van der Waals surface area contributed by atoms with E-state index in [1.54, 1.807) is 0 Å². The van der Waals surface area contributed by atoms with E-state index < -0.39 is 5.97 Å². The Labute approximate surface area is 122 Å². The molecule has 0 radical (unpaired) electrons. The Kier molecular flexibility index (Phi) is 5.40. The highest BCUT2D eigenvalue weighted by Crippen LogP contribution is 2.29. The first-order valence-electron chi connectivity index (χ1n) is 6.85. The summed E-state index contributed by atoms with van der Waals surface area (Å²) in [5, 5.41) is 12.6. The van der Waals surface area contributed by atoms with E-state index in [2.05, 4.69) is 27.3 Å². The second-order valence-corrected chi connectivity index (χ2v) is 6.07. The molecular formula is C15H20BrNO2. The van der Waals surface area contributed by atoms with E-state index in [0.717, 1.165) is 43.2 Å². The van der Waals surface area contributed by atoms with Gasteiger partial charge in [0, 0.05) is 11.0 Å². The van der Waals surface area contributed by atoms with E-state index in [0.29, 0.717) is 0 Å². The fraction of sp³-hybridized carbons (Fsp3) is 0.533. The Morgan fingerprint density at radius 2 is 2.05 bits per heavy atom. The molecule has 1 aliphatic carbocycles. The first kappa shape index (κ1) is 14.5. The summed E-state index contributed by atoms with van der Waals surface area (Å²) >= 11 is 3.52. The predicted octanol–water partition coefficient (Wildman–Crippen LogP) is 3.43. The Hall–Kier alpha value is -0.870. The van der Waals surface area contributed by atoms with Crippen LogP contribution in [0.25, 0.3) is 0 Å². The minimum absolute atomic E-state index is 0.166. The van der Waals surface area contributed by atoms with Crippen LogP contribution in [0.1, 0.15) is 31.2 Å². The highest BCUT2D eigenvalue weighted by Gasteiger charge is 2.30. The average Bonchev–Trinajstić information content (AvgIpc) is 2.41. The summed E-state index contributed by atoms with van der Waals surface area (Å²) in [5.74, 6) is -0.526. The normalized spacial score (nSPS) is 23.2. The number of nitrogens with one attached hydrogen (secondary N) is 1. The molecule has 1 aliphatic rings. The van der Waals surface area contributed by atoms with Gasteiger partial charge in [-0.15, -0.1) is 0 Å². The molecule has 2 unspecified atom stereocenters. The summed E-state index contributed by atoms with van der Waals surface area (Å²) < 4.78 is 1.10. The van der Waals surface area contributed by atoms with Crippen LogP contribution in [-0.4, -0.2) is 17.6 Å². The molecule has 2 N–H and O–H groups in total. The monoisotopic (exact) mass is 325 g/mol. The Balaban J connectivity index is 1.84. The van der Waals surface area contributed by atoms with Crippen molar-refractivity contribution in [2.75, 3.05) is 6.54 Å². The summed E-state index contributed by atoms with van der Waals surface area (Å²) in [7, 11) is 0. The maximum Gasteiger partial charge on any atom is 0.306 e. The number of carboxylic acid groups (broad SMARTS) is 1. The molecule has 1 aromatic carbocycles. The van der Waals surface area contributed by atoms with Crippen LogP contribution in [0.5, 0.6) is 0 Å². The van der Waals surface area contributed by atoms with Crippen molar-refractivity contribution in [2.24, 2.45) is 11.8 Å². The SMILES string of the molecule is O=C(O)C1CCCCC1CNCc1ccccc1Br. The van der Waals surface area contributed by atoms with Crippen molar-refractivity contribution in [3.63, 3.8) is 0 Å². The number of benzene rings is 1. The minimum atomic E-state index is -0.632. The van der Waals surface area contributed by atoms with Gasteiger partial charge in [0.2, 0.25) is 0 Å². The lowest BCUT2D eigenvalue weighted by Crippen LogP contribution is -2.34. The van der Waals surface area contributed by atoms with Crippen LogP contribution in [0.3, 0.4) is 0 Å². The first-order valence-corrected chi connectivity index (χ1v) is 7.64. The van der Waals surface area contributed by atoms with Crippen molar-refractivity contribution in [2.45, 2.75) is 32.2 Å². The number of aliphatic carboxylic acids is 1. The van der Waals surface area contributed by atoms with E-state index in [1.807, 2.05) is 18.2 Å². The van der Waals surface area contributed by atoms with Crippen LogP contribution in [-0.2, 0) is 11.3 Å². The molecule has 1 aromatic rings. The minimum Gasteiger partial charge on any atom is -0.481 e. The fourth-order valence-corrected chi connectivity index (χ4v) is 3.24. The molecule has 0 saturated heterocycles. The summed E-state index contributed by atoms with van der Waals surface area (Å²) in [4.78, 5) is 11.2. The van der Waals surface area contributed by atoms with Crippen molar-refractivity contribution in [1.29, 1.82) is 0 Å². The third-order valence-corrected chi connectivity index (χ3v) is 4.68. The summed E-state index contributed by atoms with van der Waals surface area (Å²) in [5.41, 5.74) is 1.21. The number of carboxylic acids is 1. The molecule has 3 nitrogen and oxygen atoms in total. The largest absolute Gasteiger partial charge is 0.481 e. The quantitative estimate of drug-likeness (QED) is 0.871. The van der Waals surface area contributed by atoms with Crippen molar-refractivity contribution < 1.29 is 9.90 Å². The van der Waals surface area contributed by atoms with E-state index in [-0.39, 0.29) is 11.8 Å². The fourth-order valence-electron chi connectivity index (χ4n) is 2.81. The molecule has 2 rings (SSSR count). The van der Waals surface area contributed by atoms with Crippen LogP contribution in [0.15, 0.2) is 28.7 Å². The zero-order chi connectivity index (χ0) is 13.7. The van der Waals surface area contributed by atoms with Gasteiger partial charge in [-0.2, -0.15) is 0 Å². The van der Waals surface area contributed by atoms with Gasteiger partial charge in [0.05, 0.1) is 5.92 Å². The predicted molar refractivity (Wildman–Crippen MR) is 78.9 cm³/mol. The smallest absolute Gasteiger partial charge is 0.306 e. The number of rotatable bonds is 5. The zero-order valence-corrected chi connectivity index (χ0v) is 12.5. The molecule has 0 aromatic heterocycles. The van der Waals surface area contributed by atoms with E-state index in [9.17, 15) is 9.90 Å². The Bertz CT molecular complexity index is 436. The van der Waals surface area contributed by atoms with Gasteiger partial charge in [0.1, 0.15) is 0 Å². The van der Waals surface area contributed by atoms with Crippen molar-refractivity contribution in [1.82, 2.24) is 5.32 Å². The Morgan fingerprint density at radius 1 is 1.32 bits per heavy atom. The van der Waals surface area contributed by atoms with Gasteiger partial charge in [-0.3, -0.25) is 4.79 Å². The number of halogens is 1. The number of hydrogen-bond acceptors (Lipinski definition) is 2. The zero-order valence-electron chi connectivity index (χ0n) is 10.9. The molecule has 1 saturated carbocycles. The van der Waals surface area contributed by atoms with Crippen LogP contribution in [0, 0.1) is 11.8 Å². The average molecular weight is 326 g/mol. The second-order valence-electron chi connectivity index (χ2n) is 5.21. The number of hydrogen-bond donors (Lipinski definition) is 2. The molecule has 0 aliphatic heterocycles. The Morgan fingerprint density at radius 3 is 2.79 bits per heavy atom. The van der Waals surface area contributed by atoms with Crippen molar-refractivity contribution >= 4 is 21.9 Å². The molecule has 19 heavy (non-hydrogen) atoms.